The lowest BCUT2D eigenvalue weighted by Crippen LogP contribution is -2.46. The highest BCUT2D eigenvalue weighted by molar-refractivity contribution is 5.49. The third-order valence-corrected chi connectivity index (χ3v) is 4.64. The van der Waals surface area contributed by atoms with Crippen LogP contribution in [-0.2, 0) is 6.42 Å². The third kappa shape index (κ3) is 1.77. The molecule has 1 aromatic carbocycles. The van der Waals surface area contributed by atoms with Gasteiger partial charge in [-0.2, -0.15) is 0 Å². The third-order valence-electron chi connectivity index (χ3n) is 4.64. The second-order valence-electron chi connectivity index (χ2n) is 5.52. The maximum atomic E-state index is 9.98. The molecule has 1 aliphatic carbocycles. The van der Waals surface area contributed by atoms with E-state index in [1.54, 1.807) is 0 Å². The van der Waals surface area contributed by atoms with Crippen molar-refractivity contribution >= 4 is 0 Å². The van der Waals surface area contributed by atoms with Crippen LogP contribution in [0.5, 0.6) is 11.5 Å². The molecule has 1 aromatic rings. The van der Waals surface area contributed by atoms with Crippen molar-refractivity contribution in [3.8, 4) is 11.5 Å². The summed E-state index contributed by atoms with van der Waals surface area (Å²) in [7, 11) is 0. The normalized spacial score (nSPS) is 27.6. The Bertz CT molecular complexity index is 458. The number of piperidine rings is 1. The quantitative estimate of drug-likeness (QED) is 0.801. The molecule has 0 saturated carbocycles. The molecular formula is C15H21NO2. The van der Waals surface area contributed by atoms with Crippen molar-refractivity contribution in [3.05, 3.63) is 23.3 Å². The Morgan fingerprint density at radius 2 is 2.11 bits per heavy atom. The highest BCUT2D eigenvalue weighted by Gasteiger charge is 2.36. The Morgan fingerprint density at radius 1 is 1.28 bits per heavy atom. The molecule has 0 radical (unpaired) electrons. The Labute approximate surface area is 108 Å². The van der Waals surface area contributed by atoms with E-state index in [1.807, 2.05) is 6.07 Å². The molecule has 0 bridgehead atoms. The summed E-state index contributed by atoms with van der Waals surface area (Å²) >= 11 is 0. The van der Waals surface area contributed by atoms with Gasteiger partial charge in [0.2, 0.25) is 0 Å². The van der Waals surface area contributed by atoms with Crippen molar-refractivity contribution in [1.29, 1.82) is 0 Å². The fourth-order valence-electron chi connectivity index (χ4n) is 3.82. The van der Waals surface area contributed by atoms with Crippen LogP contribution < -0.4 is 0 Å². The predicted molar refractivity (Wildman–Crippen MR) is 71.1 cm³/mol. The Balaban J connectivity index is 2.02. The van der Waals surface area contributed by atoms with E-state index in [0.717, 1.165) is 24.9 Å². The van der Waals surface area contributed by atoms with Crippen molar-refractivity contribution < 1.29 is 10.2 Å². The lowest BCUT2D eigenvalue weighted by Gasteiger charge is -2.44. The summed E-state index contributed by atoms with van der Waals surface area (Å²) in [4.78, 5) is 2.55. The summed E-state index contributed by atoms with van der Waals surface area (Å²) in [6.45, 7) is 4.51. The van der Waals surface area contributed by atoms with Gasteiger partial charge in [-0.05, 0) is 56.0 Å². The molecule has 1 aliphatic heterocycles. The van der Waals surface area contributed by atoms with Crippen LogP contribution in [0, 0.1) is 0 Å². The van der Waals surface area contributed by atoms with Crippen molar-refractivity contribution in [2.75, 3.05) is 13.1 Å². The van der Waals surface area contributed by atoms with Gasteiger partial charge in [0.15, 0.2) is 0 Å². The second kappa shape index (κ2) is 4.47. The number of phenols is 2. The van der Waals surface area contributed by atoms with Gasteiger partial charge in [0.25, 0.3) is 0 Å². The first kappa shape index (κ1) is 11.8. The maximum Gasteiger partial charge on any atom is 0.122 e. The summed E-state index contributed by atoms with van der Waals surface area (Å²) in [5, 5.41) is 19.7. The number of aromatic hydroxyl groups is 2. The van der Waals surface area contributed by atoms with Gasteiger partial charge in [-0.3, -0.25) is 0 Å². The zero-order valence-electron chi connectivity index (χ0n) is 10.9. The minimum atomic E-state index is 0.195. The number of phenolic OH excluding ortho intramolecular Hbond substituents is 2. The fourth-order valence-corrected chi connectivity index (χ4v) is 3.82. The van der Waals surface area contributed by atoms with Crippen LogP contribution in [0.25, 0.3) is 0 Å². The Hall–Kier alpha value is -1.22. The first-order valence-electron chi connectivity index (χ1n) is 6.99. The molecule has 2 atom stereocenters. The molecule has 0 spiro atoms. The van der Waals surface area contributed by atoms with E-state index in [0.29, 0.717) is 12.0 Å². The molecule has 0 aromatic heterocycles. The molecule has 2 aliphatic rings. The lowest BCUT2D eigenvalue weighted by molar-refractivity contribution is 0.118. The summed E-state index contributed by atoms with van der Waals surface area (Å²) < 4.78 is 0. The zero-order chi connectivity index (χ0) is 12.7. The van der Waals surface area contributed by atoms with Crippen molar-refractivity contribution in [3.63, 3.8) is 0 Å². The van der Waals surface area contributed by atoms with Crippen molar-refractivity contribution in [2.45, 2.75) is 44.6 Å². The van der Waals surface area contributed by atoms with Crippen LogP contribution >= 0.6 is 0 Å². The average Bonchev–Trinajstić information content (AvgIpc) is 2.37. The molecule has 0 amide bonds. The van der Waals surface area contributed by atoms with Gasteiger partial charge in [0.05, 0.1) is 0 Å². The monoisotopic (exact) mass is 247 g/mol. The average molecular weight is 247 g/mol. The number of fused-ring (bicyclic) bond motifs is 3. The number of hydrogen-bond donors (Lipinski definition) is 2. The summed E-state index contributed by atoms with van der Waals surface area (Å²) in [5.74, 6) is 0.957. The Morgan fingerprint density at radius 3 is 2.89 bits per heavy atom. The fraction of sp³-hybridized carbons (Fsp3) is 0.600. The number of nitrogens with zero attached hydrogens (tertiary/aromatic N) is 1. The molecular weight excluding hydrogens is 226 g/mol. The molecule has 98 valence electrons. The van der Waals surface area contributed by atoms with E-state index >= 15 is 0 Å². The van der Waals surface area contributed by atoms with E-state index in [2.05, 4.69) is 11.8 Å². The topological polar surface area (TPSA) is 43.7 Å². The molecule has 0 unspecified atom stereocenters. The van der Waals surface area contributed by atoms with Gasteiger partial charge < -0.3 is 15.1 Å². The highest BCUT2D eigenvalue weighted by atomic mass is 16.3. The molecule has 1 saturated heterocycles. The van der Waals surface area contributed by atoms with Crippen LogP contribution in [0.4, 0.5) is 0 Å². The van der Waals surface area contributed by atoms with E-state index in [1.165, 1.54) is 31.0 Å². The lowest BCUT2D eigenvalue weighted by atomic mass is 9.74. The number of hydrogen-bond acceptors (Lipinski definition) is 3. The zero-order valence-corrected chi connectivity index (χ0v) is 10.9. The van der Waals surface area contributed by atoms with E-state index in [-0.39, 0.29) is 11.5 Å². The number of benzene rings is 1. The molecule has 1 fully saturated rings. The molecule has 18 heavy (non-hydrogen) atoms. The number of likely N-dealkylation sites (N-methyl/N-ethyl adjacent to an activating group) is 1. The number of likely N-dealkylation sites (tertiary alicyclic amines) is 1. The first-order valence-corrected chi connectivity index (χ1v) is 6.99. The molecule has 3 heteroatoms. The van der Waals surface area contributed by atoms with Crippen molar-refractivity contribution in [2.24, 2.45) is 0 Å². The molecule has 2 N–H and O–H groups in total. The van der Waals surface area contributed by atoms with E-state index < -0.39 is 0 Å². The maximum absolute atomic E-state index is 9.98. The summed E-state index contributed by atoms with van der Waals surface area (Å²) in [6.07, 6.45) is 4.45. The predicted octanol–water partition coefficient (Wildman–Crippen LogP) is 2.61. The summed E-state index contributed by atoms with van der Waals surface area (Å²) in [6, 6.07) is 3.93. The van der Waals surface area contributed by atoms with Gasteiger partial charge in [-0.1, -0.05) is 6.92 Å². The largest absolute Gasteiger partial charge is 0.508 e. The number of rotatable bonds is 1. The minimum absolute atomic E-state index is 0.195. The van der Waals surface area contributed by atoms with E-state index in [4.69, 9.17) is 0 Å². The smallest absolute Gasteiger partial charge is 0.122 e. The first-order chi connectivity index (χ1) is 8.70. The standard InChI is InChI=1S/C15H21NO2/c1-2-16-7-3-4-11-13-8-10(17)9-15(18)12(13)5-6-14(11)16/h8-9,11,14,17-18H,2-7H2,1H3/t11-,14+/m0/s1. The molecule has 3 rings (SSSR count). The van der Waals surface area contributed by atoms with Gasteiger partial charge in [0.1, 0.15) is 11.5 Å². The van der Waals surface area contributed by atoms with Crippen LogP contribution in [0.15, 0.2) is 12.1 Å². The highest BCUT2D eigenvalue weighted by Crippen LogP contribution is 2.44. The molecule has 3 nitrogen and oxygen atoms in total. The van der Waals surface area contributed by atoms with Crippen LogP contribution in [0.1, 0.15) is 43.2 Å². The van der Waals surface area contributed by atoms with Gasteiger partial charge in [-0.25, -0.2) is 0 Å². The van der Waals surface area contributed by atoms with Gasteiger partial charge >= 0.3 is 0 Å². The van der Waals surface area contributed by atoms with Crippen LogP contribution in [0.2, 0.25) is 0 Å². The van der Waals surface area contributed by atoms with Crippen LogP contribution in [0.3, 0.4) is 0 Å². The minimum Gasteiger partial charge on any atom is -0.508 e. The SMILES string of the molecule is CCN1CCC[C@H]2c3cc(O)cc(O)c3CC[C@H]21. The van der Waals surface area contributed by atoms with Gasteiger partial charge in [-0.15, -0.1) is 0 Å². The van der Waals surface area contributed by atoms with E-state index in [9.17, 15) is 10.2 Å². The Kier molecular flexibility index (Phi) is 2.94. The molecule has 1 heterocycles. The van der Waals surface area contributed by atoms with Crippen LogP contribution in [-0.4, -0.2) is 34.2 Å². The van der Waals surface area contributed by atoms with Crippen molar-refractivity contribution in [1.82, 2.24) is 4.90 Å². The second-order valence-corrected chi connectivity index (χ2v) is 5.52. The summed E-state index contributed by atoms with van der Waals surface area (Å²) in [5.41, 5.74) is 2.24. The van der Waals surface area contributed by atoms with Gasteiger partial charge in [0, 0.05) is 18.0 Å².